The Bertz CT molecular complexity index is 444. The molecule has 0 spiro atoms. The lowest BCUT2D eigenvalue weighted by Gasteiger charge is -2.30. The maximum atomic E-state index is 9.58. The highest BCUT2D eigenvalue weighted by molar-refractivity contribution is 5.17. The lowest BCUT2D eigenvalue weighted by molar-refractivity contribution is 0.283. The maximum absolute atomic E-state index is 9.58. The van der Waals surface area contributed by atoms with E-state index in [2.05, 4.69) is 30.3 Å². The van der Waals surface area contributed by atoms with Crippen molar-refractivity contribution in [1.82, 2.24) is 15.1 Å². The highest BCUT2D eigenvalue weighted by Gasteiger charge is 2.46. The van der Waals surface area contributed by atoms with Gasteiger partial charge in [0, 0.05) is 6.04 Å². The molecule has 1 aliphatic carbocycles. The van der Waals surface area contributed by atoms with Crippen LogP contribution in [0.15, 0.2) is 12.4 Å². The molecule has 0 radical (unpaired) electrons. The number of nitrogens with zero attached hydrogens (tertiary/aromatic N) is 3. The largest absolute Gasteiger partial charge is 0.493 e. The Balaban J connectivity index is 2.16. The predicted octanol–water partition coefficient (Wildman–Crippen LogP) is 1.56. The lowest BCUT2D eigenvalue weighted by atomic mass is 9.94. The van der Waals surface area contributed by atoms with Gasteiger partial charge in [0.25, 0.3) is 0 Å². The summed E-state index contributed by atoms with van der Waals surface area (Å²) in [7, 11) is 1.62. The molecule has 1 aromatic rings. The second-order valence-corrected chi connectivity index (χ2v) is 5.23. The number of nitrogens with one attached hydrogen (secondary N) is 1. The molecule has 98 valence electrons. The van der Waals surface area contributed by atoms with Crippen molar-refractivity contribution in [1.29, 1.82) is 5.26 Å². The van der Waals surface area contributed by atoms with E-state index >= 15 is 0 Å². The summed E-state index contributed by atoms with van der Waals surface area (Å²) in [4.78, 5) is 0. The second kappa shape index (κ2) is 4.99. The van der Waals surface area contributed by atoms with Crippen LogP contribution in [-0.2, 0) is 6.54 Å². The minimum absolute atomic E-state index is 0.280. The molecular weight excluding hydrogens is 228 g/mol. The van der Waals surface area contributed by atoms with Gasteiger partial charge in [0.05, 0.1) is 32.1 Å². The molecule has 0 aliphatic heterocycles. The second-order valence-electron chi connectivity index (χ2n) is 5.23. The molecule has 1 unspecified atom stereocenters. The summed E-state index contributed by atoms with van der Waals surface area (Å²) in [6, 6.07) is 2.75. The van der Waals surface area contributed by atoms with Crippen molar-refractivity contribution in [3.63, 3.8) is 0 Å². The van der Waals surface area contributed by atoms with Crippen molar-refractivity contribution in [2.75, 3.05) is 7.11 Å². The Morgan fingerprint density at radius 1 is 1.67 bits per heavy atom. The number of aromatic nitrogens is 2. The van der Waals surface area contributed by atoms with E-state index in [1.807, 2.05) is 6.20 Å². The van der Waals surface area contributed by atoms with Crippen molar-refractivity contribution in [3.05, 3.63) is 12.4 Å². The number of nitriles is 1. The molecule has 1 heterocycles. The zero-order chi connectivity index (χ0) is 13.2. The van der Waals surface area contributed by atoms with E-state index in [0.29, 0.717) is 12.5 Å². The van der Waals surface area contributed by atoms with Crippen molar-refractivity contribution in [2.24, 2.45) is 5.92 Å². The molecule has 0 bridgehead atoms. The van der Waals surface area contributed by atoms with Crippen LogP contribution in [-0.4, -0.2) is 28.5 Å². The molecule has 5 nitrogen and oxygen atoms in total. The Morgan fingerprint density at radius 2 is 2.39 bits per heavy atom. The first kappa shape index (κ1) is 12.9. The molecule has 1 atom stereocenters. The van der Waals surface area contributed by atoms with E-state index in [9.17, 15) is 5.26 Å². The van der Waals surface area contributed by atoms with Gasteiger partial charge >= 0.3 is 0 Å². The molecule has 1 aromatic heterocycles. The number of ether oxygens (including phenoxy) is 1. The van der Waals surface area contributed by atoms with Gasteiger partial charge in [-0.25, -0.2) is 0 Å². The third-order valence-electron chi connectivity index (χ3n) is 3.28. The summed E-state index contributed by atoms with van der Waals surface area (Å²) in [5.41, 5.74) is -0.509. The zero-order valence-corrected chi connectivity index (χ0v) is 11.2. The fourth-order valence-corrected chi connectivity index (χ4v) is 2.33. The van der Waals surface area contributed by atoms with E-state index in [4.69, 9.17) is 4.74 Å². The van der Waals surface area contributed by atoms with Gasteiger partial charge in [-0.2, -0.15) is 10.4 Å². The third kappa shape index (κ3) is 2.65. The molecule has 1 saturated carbocycles. The zero-order valence-electron chi connectivity index (χ0n) is 11.2. The number of methoxy groups -OCH3 is 1. The van der Waals surface area contributed by atoms with Crippen LogP contribution in [0, 0.1) is 17.2 Å². The molecule has 0 amide bonds. The minimum Gasteiger partial charge on any atom is -0.493 e. The van der Waals surface area contributed by atoms with Crippen LogP contribution in [0.1, 0.15) is 26.7 Å². The first-order valence-electron chi connectivity index (χ1n) is 6.35. The molecule has 2 rings (SSSR count). The van der Waals surface area contributed by atoms with Crippen molar-refractivity contribution in [2.45, 2.75) is 44.8 Å². The predicted molar refractivity (Wildman–Crippen MR) is 68.1 cm³/mol. The van der Waals surface area contributed by atoms with Crippen LogP contribution >= 0.6 is 0 Å². The van der Waals surface area contributed by atoms with Gasteiger partial charge in [-0.1, -0.05) is 0 Å². The first-order chi connectivity index (χ1) is 8.59. The van der Waals surface area contributed by atoms with E-state index < -0.39 is 5.54 Å². The molecule has 5 heteroatoms. The molecule has 1 N–H and O–H groups in total. The molecule has 1 aliphatic rings. The Kier molecular flexibility index (Phi) is 3.58. The molecular formula is C13H20N4O. The quantitative estimate of drug-likeness (QED) is 0.830. The summed E-state index contributed by atoms with van der Waals surface area (Å²) in [6.07, 6.45) is 5.73. The lowest BCUT2D eigenvalue weighted by Crippen LogP contribution is -2.52. The van der Waals surface area contributed by atoms with Crippen LogP contribution in [0.5, 0.6) is 5.75 Å². The van der Waals surface area contributed by atoms with Gasteiger partial charge in [0.15, 0.2) is 5.75 Å². The maximum Gasteiger partial charge on any atom is 0.156 e. The Morgan fingerprint density at radius 3 is 2.83 bits per heavy atom. The standard InChI is InChI=1S/C13H20N4O/c1-10(2)16-13(8-14,11-4-5-11)9-17-7-12(18-3)6-15-17/h6-7,10-11,16H,4-5,9H2,1-3H3. The molecule has 0 aromatic carbocycles. The third-order valence-corrected chi connectivity index (χ3v) is 3.28. The average molecular weight is 248 g/mol. The van der Waals surface area contributed by atoms with Gasteiger partial charge in [0.2, 0.25) is 0 Å². The Hall–Kier alpha value is -1.54. The fourth-order valence-electron chi connectivity index (χ4n) is 2.33. The van der Waals surface area contributed by atoms with E-state index in [1.165, 1.54) is 0 Å². The van der Waals surface area contributed by atoms with Crippen LogP contribution in [0.4, 0.5) is 0 Å². The van der Waals surface area contributed by atoms with Gasteiger partial charge in [-0.15, -0.1) is 0 Å². The molecule has 0 saturated heterocycles. The molecule has 18 heavy (non-hydrogen) atoms. The van der Waals surface area contributed by atoms with Gasteiger partial charge in [-0.05, 0) is 32.6 Å². The monoisotopic (exact) mass is 248 g/mol. The first-order valence-corrected chi connectivity index (χ1v) is 6.35. The van der Waals surface area contributed by atoms with Crippen LogP contribution < -0.4 is 10.1 Å². The van der Waals surface area contributed by atoms with E-state index in [0.717, 1.165) is 18.6 Å². The van der Waals surface area contributed by atoms with Crippen LogP contribution in [0.3, 0.4) is 0 Å². The van der Waals surface area contributed by atoms with Crippen molar-refractivity contribution >= 4 is 0 Å². The van der Waals surface area contributed by atoms with E-state index in [-0.39, 0.29) is 6.04 Å². The summed E-state index contributed by atoms with van der Waals surface area (Å²) in [6.45, 7) is 4.70. The van der Waals surface area contributed by atoms with Crippen molar-refractivity contribution < 1.29 is 4.74 Å². The normalized spacial score (nSPS) is 18.4. The number of hydrogen-bond acceptors (Lipinski definition) is 4. The number of hydrogen-bond donors (Lipinski definition) is 1. The van der Waals surface area contributed by atoms with Crippen LogP contribution in [0.25, 0.3) is 0 Å². The topological polar surface area (TPSA) is 62.9 Å². The fraction of sp³-hybridized carbons (Fsp3) is 0.692. The summed E-state index contributed by atoms with van der Waals surface area (Å²) < 4.78 is 6.90. The van der Waals surface area contributed by atoms with Gasteiger partial charge < -0.3 is 4.74 Å². The minimum atomic E-state index is -0.509. The number of rotatable bonds is 6. The summed E-state index contributed by atoms with van der Waals surface area (Å²) in [5, 5.41) is 17.2. The van der Waals surface area contributed by atoms with Crippen molar-refractivity contribution in [3.8, 4) is 11.8 Å². The van der Waals surface area contributed by atoms with Gasteiger partial charge in [-0.3, -0.25) is 10.00 Å². The highest BCUT2D eigenvalue weighted by Crippen LogP contribution is 2.40. The SMILES string of the molecule is COc1cnn(CC(C#N)(NC(C)C)C2CC2)c1. The van der Waals surface area contributed by atoms with E-state index in [1.54, 1.807) is 18.0 Å². The van der Waals surface area contributed by atoms with Crippen LogP contribution in [0.2, 0.25) is 0 Å². The Labute approximate surface area is 108 Å². The average Bonchev–Trinajstić information content (AvgIpc) is 3.10. The summed E-state index contributed by atoms with van der Waals surface area (Å²) >= 11 is 0. The smallest absolute Gasteiger partial charge is 0.156 e. The summed E-state index contributed by atoms with van der Waals surface area (Å²) in [5.74, 6) is 1.15. The molecule has 1 fully saturated rings. The highest BCUT2D eigenvalue weighted by atomic mass is 16.5. The van der Waals surface area contributed by atoms with Gasteiger partial charge in [0.1, 0.15) is 5.54 Å².